The predicted octanol–water partition coefficient (Wildman–Crippen LogP) is 5.21. The number of rotatable bonds is 3. The summed E-state index contributed by atoms with van der Waals surface area (Å²) >= 11 is 6.07. The van der Waals surface area contributed by atoms with Crippen molar-refractivity contribution in [2.24, 2.45) is 0 Å². The molecule has 4 rings (SSSR count). The third-order valence-electron chi connectivity index (χ3n) is 3.59. The van der Waals surface area contributed by atoms with Crippen LogP contribution in [-0.2, 0) is 0 Å². The fraction of sp³-hybridized carbons (Fsp3) is 0. The van der Waals surface area contributed by atoms with Crippen LogP contribution < -0.4 is 4.74 Å². The highest BCUT2D eigenvalue weighted by Gasteiger charge is 2.15. The summed E-state index contributed by atoms with van der Waals surface area (Å²) in [6, 6.07) is 15.3. The van der Waals surface area contributed by atoms with Crippen LogP contribution in [0.1, 0.15) is 0 Å². The van der Waals surface area contributed by atoms with Crippen LogP contribution in [0.4, 0.5) is 4.39 Å². The lowest BCUT2D eigenvalue weighted by atomic mass is 10.1. The van der Waals surface area contributed by atoms with E-state index in [4.69, 9.17) is 16.3 Å². The highest BCUT2D eigenvalue weighted by Crippen LogP contribution is 2.36. The normalized spacial score (nSPS) is 10.9. The summed E-state index contributed by atoms with van der Waals surface area (Å²) in [5.74, 6) is 0.173. The van der Waals surface area contributed by atoms with Crippen molar-refractivity contribution in [1.29, 1.82) is 0 Å². The molecule has 0 saturated heterocycles. The zero-order chi connectivity index (χ0) is 16.5. The van der Waals surface area contributed by atoms with Crippen molar-refractivity contribution in [2.45, 2.75) is 0 Å². The number of aromatic nitrogens is 3. The van der Waals surface area contributed by atoms with E-state index in [9.17, 15) is 4.39 Å². The number of hydrogen-bond donors (Lipinski definition) is 1. The van der Waals surface area contributed by atoms with Gasteiger partial charge in [0.1, 0.15) is 5.75 Å². The van der Waals surface area contributed by atoms with Crippen molar-refractivity contribution in [3.05, 3.63) is 71.6 Å². The van der Waals surface area contributed by atoms with E-state index in [-0.39, 0.29) is 5.75 Å². The minimum Gasteiger partial charge on any atom is -0.453 e. The lowest BCUT2D eigenvalue weighted by molar-refractivity contribution is 0.446. The molecule has 0 saturated carbocycles. The molecule has 2 aromatic carbocycles. The minimum absolute atomic E-state index is 0.142. The van der Waals surface area contributed by atoms with Gasteiger partial charge in [-0.1, -0.05) is 35.9 Å². The summed E-state index contributed by atoms with van der Waals surface area (Å²) in [5, 5.41) is 8.43. The average molecular weight is 340 g/mol. The summed E-state index contributed by atoms with van der Waals surface area (Å²) in [4.78, 5) is 4.23. The second-order valence-electron chi connectivity index (χ2n) is 5.15. The molecule has 0 aliphatic carbocycles. The maximum absolute atomic E-state index is 13.9. The molecule has 2 heterocycles. The molecule has 0 spiro atoms. The van der Waals surface area contributed by atoms with Crippen molar-refractivity contribution in [3.8, 4) is 22.8 Å². The third-order valence-corrected chi connectivity index (χ3v) is 3.82. The second-order valence-corrected chi connectivity index (χ2v) is 5.59. The molecule has 2 aromatic heterocycles. The Kier molecular flexibility index (Phi) is 3.63. The molecular weight excluding hydrogens is 329 g/mol. The van der Waals surface area contributed by atoms with Crippen molar-refractivity contribution in [2.75, 3.05) is 0 Å². The molecule has 4 aromatic rings. The first-order valence-corrected chi connectivity index (χ1v) is 7.61. The SMILES string of the molecule is Fc1ccccc1Oc1ccnc2n[nH]c(-c3cccc(Cl)c3)c12. The number of hydrogen-bond acceptors (Lipinski definition) is 3. The molecule has 24 heavy (non-hydrogen) atoms. The van der Waals surface area contributed by atoms with Gasteiger partial charge in [0.15, 0.2) is 17.2 Å². The maximum atomic E-state index is 13.9. The summed E-state index contributed by atoms with van der Waals surface area (Å²) < 4.78 is 19.7. The molecule has 118 valence electrons. The van der Waals surface area contributed by atoms with Crippen molar-refractivity contribution >= 4 is 22.6 Å². The van der Waals surface area contributed by atoms with Gasteiger partial charge >= 0.3 is 0 Å². The monoisotopic (exact) mass is 339 g/mol. The summed E-state index contributed by atoms with van der Waals surface area (Å²) in [6.45, 7) is 0. The number of H-pyrrole nitrogens is 1. The maximum Gasteiger partial charge on any atom is 0.185 e. The van der Waals surface area contributed by atoms with Crippen LogP contribution in [0.5, 0.6) is 11.5 Å². The molecule has 0 unspecified atom stereocenters. The number of nitrogens with zero attached hydrogens (tertiary/aromatic N) is 2. The van der Waals surface area contributed by atoms with E-state index in [2.05, 4.69) is 15.2 Å². The molecular formula is C18H11ClFN3O. The molecule has 0 aliphatic rings. The number of pyridine rings is 1. The van der Waals surface area contributed by atoms with E-state index >= 15 is 0 Å². The topological polar surface area (TPSA) is 50.8 Å². The van der Waals surface area contributed by atoms with E-state index < -0.39 is 5.82 Å². The van der Waals surface area contributed by atoms with Crippen LogP contribution in [0.3, 0.4) is 0 Å². The molecule has 0 aliphatic heterocycles. The zero-order valence-corrected chi connectivity index (χ0v) is 13.1. The van der Waals surface area contributed by atoms with Crippen LogP contribution in [0.25, 0.3) is 22.3 Å². The van der Waals surface area contributed by atoms with Gasteiger partial charge in [-0.15, -0.1) is 0 Å². The van der Waals surface area contributed by atoms with Gasteiger partial charge in [0.05, 0.1) is 11.1 Å². The van der Waals surface area contributed by atoms with E-state index in [0.29, 0.717) is 27.5 Å². The summed E-state index contributed by atoms with van der Waals surface area (Å²) in [6.07, 6.45) is 1.57. The van der Waals surface area contributed by atoms with Gasteiger partial charge in [0, 0.05) is 16.8 Å². The van der Waals surface area contributed by atoms with Crippen molar-refractivity contribution in [3.63, 3.8) is 0 Å². The fourth-order valence-electron chi connectivity index (χ4n) is 2.50. The lowest BCUT2D eigenvalue weighted by Gasteiger charge is -2.08. The van der Waals surface area contributed by atoms with Crippen LogP contribution >= 0.6 is 11.6 Å². The van der Waals surface area contributed by atoms with Crippen molar-refractivity contribution in [1.82, 2.24) is 15.2 Å². The molecule has 0 fully saturated rings. The van der Waals surface area contributed by atoms with Gasteiger partial charge in [-0.05, 0) is 30.3 Å². The van der Waals surface area contributed by atoms with E-state index in [0.717, 1.165) is 5.56 Å². The first-order chi connectivity index (χ1) is 11.7. The van der Waals surface area contributed by atoms with Crippen LogP contribution in [0.2, 0.25) is 5.02 Å². The van der Waals surface area contributed by atoms with E-state index in [1.165, 1.54) is 6.07 Å². The summed E-state index contributed by atoms with van der Waals surface area (Å²) in [5.41, 5.74) is 2.04. The number of para-hydroxylation sites is 1. The highest BCUT2D eigenvalue weighted by atomic mass is 35.5. The molecule has 4 nitrogen and oxygen atoms in total. The quantitative estimate of drug-likeness (QED) is 0.557. The average Bonchev–Trinajstić information content (AvgIpc) is 3.02. The number of ether oxygens (including phenoxy) is 1. The standard InChI is InChI=1S/C18H11ClFN3O/c19-12-5-3-4-11(10-12)17-16-15(8-9-21-18(16)23-22-17)24-14-7-2-1-6-13(14)20/h1-10H,(H,21,22,23). The van der Waals surface area contributed by atoms with E-state index in [1.807, 2.05) is 18.2 Å². The van der Waals surface area contributed by atoms with Gasteiger partial charge in [0.25, 0.3) is 0 Å². The van der Waals surface area contributed by atoms with Crippen LogP contribution in [-0.4, -0.2) is 15.2 Å². The van der Waals surface area contributed by atoms with Crippen molar-refractivity contribution < 1.29 is 9.13 Å². The third kappa shape index (κ3) is 2.59. The Balaban J connectivity index is 1.88. The molecule has 6 heteroatoms. The van der Waals surface area contributed by atoms with Gasteiger partial charge in [-0.3, -0.25) is 5.10 Å². The lowest BCUT2D eigenvalue weighted by Crippen LogP contribution is -1.90. The molecule has 0 radical (unpaired) electrons. The van der Waals surface area contributed by atoms with Gasteiger partial charge in [-0.25, -0.2) is 9.37 Å². The highest BCUT2D eigenvalue weighted by molar-refractivity contribution is 6.30. The number of fused-ring (bicyclic) bond motifs is 1. The predicted molar refractivity (Wildman–Crippen MR) is 90.8 cm³/mol. The van der Waals surface area contributed by atoms with Crippen LogP contribution in [0, 0.1) is 5.82 Å². The summed E-state index contributed by atoms with van der Waals surface area (Å²) in [7, 11) is 0. The number of aromatic amines is 1. The largest absolute Gasteiger partial charge is 0.453 e. The Labute approximate surface area is 141 Å². The van der Waals surface area contributed by atoms with Gasteiger partial charge in [0.2, 0.25) is 0 Å². The zero-order valence-electron chi connectivity index (χ0n) is 12.3. The first-order valence-electron chi connectivity index (χ1n) is 7.24. The Morgan fingerprint density at radius 2 is 1.88 bits per heavy atom. The molecule has 0 amide bonds. The Morgan fingerprint density at radius 3 is 2.71 bits per heavy atom. The Hall–Kier alpha value is -2.92. The second kappa shape index (κ2) is 5.94. The Morgan fingerprint density at radius 1 is 1.00 bits per heavy atom. The van der Waals surface area contributed by atoms with Gasteiger partial charge < -0.3 is 4.74 Å². The first kappa shape index (κ1) is 14.7. The van der Waals surface area contributed by atoms with Crippen LogP contribution in [0.15, 0.2) is 60.8 Å². The van der Waals surface area contributed by atoms with E-state index in [1.54, 1.807) is 36.5 Å². The molecule has 1 N–H and O–H groups in total. The minimum atomic E-state index is -0.435. The van der Waals surface area contributed by atoms with Gasteiger partial charge in [-0.2, -0.15) is 5.10 Å². The fourth-order valence-corrected chi connectivity index (χ4v) is 2.69. The Bertz CT molecular complexity index is 1030. The smallest absolute Gasteiger partial charge is 0.185 e. The number of nitrogens with one attached hydrogen (secondary N) is 1. The number of halogens is 2. The molecule has 0 bridgehead atoms. The molecule has 0 atom stereocenters. The number of benzene rings is 2.